The Bertz CT molecular complexity index is 484. The lowest BCUT2D eigenvalue weighted by Crippen LogP contribution is -2.23. The highest BCUT2D eigenvalue weighted by molar-refractivity contribution is 7.93. The van der Waals surface area contributed by atoms with Crippen molar-refractivity contribution in [1.29, 1.82) is 0 Å². The lowest BCUT2D eigenvalue weighted by molar-refractivity contribution is 0.101. The lowest BCUT2D eigenvalue weighted by Gasteiger charge is -2.05. The summed E-state index contributed by atoms with van der Waals surface area (Å²) in [6, 6.07) is 4.73. The second-order valence-electron chi connectivity index (χ2n) is 3.02. The molecule has 6 heteroatoms. The van der Waals surface area contributed by atoms with E-state index in [2.05, 4.69) is 0 Å². The van der Waals surface area contributed by atoms with E-state index in [1.54, 1.807) is 0 Å². The molecule has 1 aromatic rings. The molecule has 0 radical (unpaired) electrons. The molecular weight excluding hydrogens is 243 g/mol. The van der Waals surface area contributed by atoms with Crippen LogP contribution in [0.15, 0.2) is 24.3 Å². The Kier molecular flexibility index (Phi) is 3.46. The van der Waals surface area contributed by atoms with Crippen molar-refractivity contribution in [2.24, 2.45) is 0 Å². The van der Waals surface area contributed by atoms with Crippen LogP contribution in [0.1, 0.15) is 10.4 Å². The van der Waals surface area contributed by atoms with Crippen LogP contribution >= 0.6 is 11.6 Å². The van der Waals surface area contributed by atoms with Crippen molar-refractivity contribution in [1.82, 2.24) is 0 Å². The summed E-state index contributed by atoms with van der Waals surface area (Å²) in [4.78, 5) is 11.5. The van der Waals surface area contributed by atoms with Gasteiger partial charge in [0.25, 0.3) is 0 Å². The van der Waals surface area contributed by atoms with Gasteiger partial charge in [-0.05, 0) is 12.1 Å². The van der Waals surface area contributed by atoms with Crippen LogP contribution in [0.25, 0.3) is 0 Å². The average Bonchev–Trinajstić information content (AvgIpc) is 2.14. The van der Waals surface area contributed by atoms with E-state index in [-0.39, 0.29) is 5.56 Å². The standard InChI is InChI=1S/C9H8ClFO3S/c1-15(13,14)9(10)8(12)6-3-2-4-7(11)5-6/h2-5,9H,1H3. The lowest BCUT2D eigenvalue weighted by atomic mass is 10.1. The summed E-state index contributed by atoms with van der Waals surface area (Å²) in [7, 11) is -3.67. The maximum Gasteiger partial charge on any atom is 0.197 e. The number of carbonyl (C=O) groups excluding carboxylic acids is 1. The first kappa shape index (κ1) is 12.1. The van der Waals surface area contributed by atoms with Crippen LogP contribution in [0.3, 0.4) is 0 Å². The zero-order valence-corrected chi connectivity index (χ0v) is 9.35. The van der Waals surface area contributed by atoms with Crippen molar-refractivity contribution in [3.8, 4) is 0 Å². The molecule has 0 aliphatic rings. The highest BCUT2D eigenvalue weighted by Gasteiger charge is 2.27. The van der Waals surface area contributed by atoms with Crippen LogP contribution in [-0.2, 0) is 9.84 Å². The number of rotatable bonds is 3. The molecule has 0 aliphatic heterocycles. The molecule has 3 nitrogen and oxygen atoms in total. The quantitative estimate of drug-likeness (QED) is 0.605. The van der Waals surface area contributed by atoms with Crippen molar-refractivity contribution in [3.05, 3.63) is 35.6 Å². The summed E-state index contributed by atoms with van der Waals surface area (Å²) in [5.41, 5.74) is -0.0552. The summed E-state index contributed by atoms with van der Waals surface area (Å²) in [5.74, 6) is -1.43. The highest BCUT2D eigenvalue weighted by Crippen LogP contribution is 2.14. The first-order valence-corrected chi connectivity index (χ1v) is 6.34. The third-order valence-electron chi connectivity index (χ3n) is 1.69. The molecule has 15 heavy (non-hydrogen) atoms. The monoisotopic (exact) mass is 250 g/mol. The Balaban J connectivity index is 3.06. The summed E-state index contributed by atoms with van der Waals surface area (Å²) >= 11 is 5.43. The van der Waals surface area contributed by atoms with Gasteiger partial charge < -0.3 is 0 Å². The zero-order valence-electron chi connectivity index (χ0n) is 7.78. The molecule has 0 saturated carbocycles. The molecule has 0 N–H and O–H groups in total. The van der Waals surface area contributed by atoms with Crippen molar-refractivity contribution in [2.45, 2.75) is 4.71 Å². The van der Waals surface area contributed by atoms with Crippen LogP contribution in [0, 0.1) is 5.82 Å². The Hall–Kier alpha value is -0.940. The fourth-order valence-electron chi connectivity index (χ4n) is 0.967. The molecule has 82 valence electrons. The van der Waals surface area contributed by atoms with E-state index < -0.39 is 26.1 Å². The molecule has 0 heterocycles. The van der Waals surface area contributed by atoms with Crippen LogP contribution in [-0.4, -0.2) is 25.2 Å². The topological polar surface area (TPSA) is 51.2 Å². The molecule has 0 aliphatic carbocycles. The van der Waals surface area contributed by atoms with E-state index >= 15 is 0 Å². The first-order valence-electron chi connectivity index (χ1n) is 3.95. The Morgan fingerprint density at radius 3 is 2.53 bits per heavy atom. The van der Waals surface area contributed by atoms with Crippen LogP contribution < -0.4 is 0 Å². The third-order valence-corrected chi connectivity index (χ3v) is 3.83. The van der Waals surface area contributed by atoms with Crippen molar-refractivity contribution < 1.29 is 17.6 Å². The molecule has 0 aromatic heterocycles. The van der Waals surface area contributed by atoms with Crippen LogP contribution in [0.5, 0.6) is 0 Å². The summed E-state index contributed by atoms with van der Waals surface area (Å²) in [6.07, 6.45) is 0.849. The molecule has 1 rings (SSSR count). The zero-order chi connectivity index (χ0) is 11.6. The number of alkyl halides is 1. The van der Waals surface area contributed by atoms with E-state index in [1.807, 2.05) is 0 Å². The van der Waals surface area contributed by atoms with Gasteiger partial charge in [0.05, 0.1) is 0 Å². The number of benzene rings is 1. The van der Waals surface area contributed by atoms with Crippen molar-refractivity contribution >= 4 is 27.2 Å². The van der Waals surface area contributed by atoms with E-state index in [4.69, 9.17) is 11.6 Å². The van der Waals surface area contributed by atoms with Gasteiger partial charge in [-0.3, -0.25) is 4.79 Å². The number of Topliss-reactive ketones (excluding diaryl/α,β-unsaturated/α-hetero) is 1. The molecule has 0 amide bonds. The maximum absolute atomic E-state index is 12.7. The van der Waals surface area contributed by atoms with Gasteiger partial charge in [-0.25, -0.2) is 12.8 Å². The third kappa shape index (κ3) is 3.00. The van der Waals surface area contributed by atoms with Gasteiger partial charge >= 0.3 is 0 Å². The van der Waals surface area contributed by atoms with Gasteiger partial charge in [0.1, 0.15) is 5.82 Å². The predicted octanol–water partition coefficient (Wildman–Crippen LogP) is 1.62. The molecule has 0 saturated heterocycles. The van der Waals surface area contributed by atoms with E-state index in [0.29, 0.717) is 0 Å². The maximum atomic E-state index is 12.7. The van der Waals surface area contributed by atoms with Crippen LogP contribution in [0.2, 0.25) is 0 Å². The second-order valence-corrected chi connectivity index (χ2v) is 5.85. The fraction of sp³-hybridized carbons (Fsp3) is 0.222. The minimum Gasteiger partial charge on any atom is -0.291 e. The second kappa shape index (κ2) is 4.28. The molecule has 0 fully saturated rings. The van der Waals surface area contributed by atoms with Crippen LogP contribution in [0.4, 0.5) is 4.39 Å². The number of hydrogen-bond donors (Lipinski definition) is 0. The normalized spacial score (nSPS) is 13.5. The molecule has 1 atom stereocenters. The van der Waals surface area contributed by atoms with Gasteiger partial charge in [-0.1, -0.05) is 23.7 Å². The molecule has 0 spiro atoms. The van der Waals surface area contributed by atoms with Gasteiger partial charge in [0.2, 0.25) is 0 Å². The number of halogens is 2. The van der Waals surface area contributed by atoms with E-state index in [9.17, 15) is 17.6 Å². The van der Waals surface area contributed by atoms with Crippen molar-refractivity contribution in [3.63, 3.8) is 0 Å². The van der Waals surface area contributed by atoms with Crippen molar-refractivity contribution in [2.75, 3.05) is 6.26 Å². The minimum absolute atomic E-state index is 0.0552. The number of sulfone groups is 1. The SMILES string of the molecule is CS(=O)(=O)C(Cl)C(=O)c1cccc(F)c1. The van der Waals surface area contributed by atoms with Gasteiger partial charge in [-0.15, -0.1) is 0 Å². The van der Waals surface area contributed by atoms with Gasteiger partial charge in [0.15, 0.2) is 20.3 Å². The Morgan fingerprint density at radius 1 is 1.47 bits per heavy atom. The summed E-state index contributed by atoms with van der Waals surface area (Å²) in [6.45, 7) is 0. The minimum atomic E-state index is -3.67. The smallest absolute Gasteiger partial charge is 0.197 e. The number of ketones is 1. The number of hydrogen-bond acceptors (Lipinski definition) is 3. The first-order chi connectivity index (χ1) is 6.82. The molecule has 1 unspecified atom stereocenters. The average molecular weight is 251 g/mol. The van der Waals surface area contributed by atoms with E-state index in [0.717, 1.165) is 18.4 Å². The Morgan fingerprint density at radius 2 is 2.07 bits per heavy atom. The summed E-state index contributed by atoms with van der Waals surface area (Å²) < 4.78 is 33.0. The van der Waals surface area contributed by atoms with E-state index in [1.165, 1.54) is 12.1 Å². The molecular formula is C9H8ClFO3S. The fourth-order valence-corrected chi connectivity index (χ4v) is 1.62. The molecule has 0 bridgehead atoms. The summed E-state index contributed by atoms with van der Waals surface area (Å²) in [5, 5.41) is 0. The molecule has 1 aromatic carbocycles. The number of carbonyl (C=O) groups is 1. The van der Waals surface area contributed by atoms with Gasteiger partial charge in [-0.2, -0.15) is 0 Å². The largest absolute Gasteiger partial charge is 0.291 e. The van der Waals surface area contributed by atoms with Gasteiger partial charge in [0, 0.05) is 11.8 Å². The Labute approximate surface area is 91.8 Å². The highest BCUT2D eigenvalue weighted by atomic mass is 35.5. The predicted molar refractivity (Wildman–Crippen MR) is 55.2 cm³/mol.